The van der Waals surface area contributed by atoms with E-state index in [1.807, 2.05) is 0 Å². The van der Waals surface area contributed by atoms with Crippen LogP contribution in [0.4, 0.5) is 5.69 Å². The highest BCUT2D eigenvalue weighted by molar-refractivity contribution is 6.34. The summed E-state index contributed by atoms with van der Waals surface area (Å²) in [5.74, 6) is 0. The molecule has 0 unspecified atom stereocenters. The lowest BCUT2D eigenvalue weighted by Crippen LogP contribution is -2.39. The topological polar surface area (TPSA) is 15.3 Å². The second kappa shape index (κ2) is 6.44. The Morgan fingerprint density at radius 2 is 2.06 bits per heavy atom. The molecule has 1 heterocycles. The van der Waals surface area contributed by atoms with Crippen molar-refractivity contribution in [2.75, 3.05) is 25.0 Å². The molecule has 1 aliphatic rings. The summed E-state index contributed by atoms with van der Waals surface area (Å²) in [6.45, 7) is 7.94. The first-order chi connectivity index (χ1) is 8.70. The number of halogens is 1. The molecule has 0 saturated carbocycles. The fourth-order valence-electron chi connectivity index (χ4n) is 2.60. The molecule has 100 valence electrons. The Bertz CT molecular complexity index is 384. The molecule has 1 aliphatic heterocycles. The standard InChI is InChI=1S/C15H23ClN2/c1-3-9-18-10-7-13(8-11-18)17-14-6-4-5-12(2)15(14)16/h4-6,13,17H,3,7-11H2,1-2H3. The molecule has 0 radical (unpaired) electrons. The largest absolute Gasteiger partial charge is 0.381 e. The summed E-state index contributed by atoms with van der Waals surface area (Å²) in [6.07, 6.45) is 3.68. The van der Waals surface area contributed by atoms with Gasteiger partial charge in [0.15, 0.2) is 0 Å². The van der Waals surface area contributed by atoms with Gasteiger partial charge in [0.25, 0.3) is 0 Å². The van der Waals surface area contributed by atoms with Crippen molar-refractivity contribution in [3.8, 4) is 0 Å². The fourth-order valence-corrected chi connectivity index (χ4v) is 2.78. The molecule has 0 atom stereocenters. The smallest absolute Gasteiger partial charge is 0.0666 e. The van der Waals surface area contributed by atoms with Crippen molar-refractivity contribution < 1.29 is 0 Å². The zero-order valence-electron chi connectivity index (χ0n) is 11.4. The Hall–Kier alpha value is -0.730. The lowest BCUT2D eigenvalue weighted by atomic mass is 10.0. The van der Waals surface area contributed by atoms with E-state index in [1.54, 1.807) is 0 Å². The highest BCUT2D eigenvalue weighted by Crippen LogP contribution is 2.27. The van der Waals surface area contributed by atoms with E-state index in [1.165, 1.54) is 38.9 Å². The molecular weight excluding hydrogens is 244 g/mol. The quantitative estimate of drug-likeness (QED) is 0.888. The maximum Gasteiger partial charge on any atom is 0.0666 e. The maximum atomic E-state index is 6.32. The van der Waals surface area contributed by atoms with Gasteiger partial charge in [0, 0.05) is 19.1 Å². The Balaban J connectivity index is 1.90. The first-order valence-corrected chi connectivity index (χ1v) is 7.32. The molecule has 2 rings (SSSR count). The molecule has 0 amide bonds. The van der Waals surface area contributed by atoms with Gasteiger partial charge in [0.05, 0.1) is 10.7 Å². The second-order valence-corrected chi connectivity index (χ2v) is 5.57. The number of rotatable bonds is 4. The van der Waals surface area contributed by atoms with Gasteiger partial charge in [-0.05, 0) is 44.4 Å². The predicted molar refractivity (Wildman–Crippen MR) is 79.6 cm³/mol. The van der Waals surface area contributed by atoms with Crippen LogP contribution in [-0.2, 0) is 0 Å². The monoisotopic (exact) mass is 266 g/mol. The van der Waals surface area contributed by atoms with Crippen molar-refractivity contribution in [2.45, 2.75) is 39.2 Å². The van der Waals surface area contributed by atoms with Crippen LogP contribution >= 0.6 is 11.6 Å². The molecule has 1 fully saturated rings. The third kappa shape index (κ3) is 3.39. The average molecular weight is 267 g/mol. The van der Waals surface area contributed by atoms with Crippen molar-refractivity contribution in [1.29, 1.82) is 0 Å². The minimum Gasteiger partial charge on any atom is -0.381 e. The van der Waals surface area contributed by atoms with Crippen molar-refractivity contribution in [3.63, 3.8) is 0 Å². The molecule has 1 N–H and O–H groups in total. The summed E-state index contributed by atoms with van der Waals surface area (Å²) in [7, 11) is 0. The fraction of sp³-hybridized carbons (Fsp3) is 0.600. The van der Waals surface area contributed by atoms with Gasteiger partial charge in [-0.2, -0.15) is 0 Å². The molecule has 0 bridgehead atoms. The zero-order valence-corrected chi connectivity index (χ0v) is 12.1. The molecular formula is C15H23ClN2. The van der Waals surface area contributed by atoms with Gasteiger partial charge in [-0.1, -0.05) is 30.7 Å². The molecule has 0 aromatic heterocycles. The number of hydrogen-bond acceptors (Lipinski definition) is 2. The van der Waals surface area contributed by atoms with E-state index in [0.717, 1.165) is 16.3 Å². The number of nitrogens with zero attached hydrogens (tertiary/aromatic N) is 1. The maximum absolute atomic E-state index is 6.32. The summed E-state index contributed by atoms with van der Waals surface area (Å²) in [5, 5.41) is 4.46. The highest BCUT2D eigenvalue weighted by atomic mass is 35.5. The van der Waals surface area contributed by atoms with Gasteiger partial charge in [-0.15, -0.1) is 0 Å². The van der Waals surface area contributed by atoms with Gasteiger partial charge in [-0.3, -0.25) is 0 Å². The van der Waals surface area contributed by atoms with Gasteiger partial charge < -0.3 is 10.2 Å². The minimum atomic E-state index is 0.567. The Morgan fingerprint density at radius 3 is 2.72 bits per heavy atom. The molecule has 2 nitrogen and oxygen atoms in total. The van der Waals surface area contributed by atoms with Crippen molar-refractivity contribution in [1.82, 2.24) is 4.90 Å². The number of nitrogens with one attached hydrogen (secondary N) is 1. The van der Waals surface area contributed by atoms with Crippen molar-refractivity contribution in [2.24, 2.45) is 0 Å². The second-order valence-electron chi connectivity index (χ2n) is 5.20. The highest BCUT2D eigenvalue weighted by Gasteiger charge is 2.19. The van der Waals surface area contributed by atoms with Crippen LogP contribution in [0, 0.1) is 6.92 Å². The number of anilines is 1. The van der Waals surface area contributed by atoms with Crippen LogP contribution in [0.2, 0.25) is 5.02 Å². The number of aryl methyl sites for hydroxylation is 1. The summed E-state index contributed by atoms with van der Waals surface area (Å²) >= 11 is 6.32. The van der Waals surface area contributed by atoms with Crippen LogP contribution in [0.3, 0.4) is 0 Å². The van der Waals surface area contributed by atoms with E-state index in [4.69, 9.17) is 11.6 Å². The minimum absolute atomic E-state index is 0.567. The van der Waals surface area contributed by atoms with E-state index in [-0.39, 0.29) is 0 Å². The van der Waals surface area contributed by atoms with Gasteiger partial charge >= 0.3 is 0 Å². The Morgan fingerprint density at radius 1 is 1.33 bits per heavy atom. The first kappa shape index (κ1) is 13.7. The third-order valence-electron chi connectivity index (χ3n) is 3.68. The Kier molecular flexibility index (Phi) is 4.90. The van der Waals surface area contributed by atoms with Crippen LogP contribution in [0.5, 0.6) is 0 Å². The third-order valence-corrected chi connectivity index (χ3v) is 4.18. The number of likely N-dealkylation sites (tertiary alicyclic amines) is 1. The van der Waals surface area contributed by atoms with Crippen LogP contribution in [-0.4, -0.2) is 30.6 Å². The summed E-state index contributed by atoms with van der Waals surface area (Å²) in [6, 6.07) is 6.76. The number of benzene rings is 1. The SMILES string of the molecule is CCCN1CCC(Nc2cccc(C)c2Cl)CC1. The predicted octanol–water partition coefficient (Wildman–Crippen LogP) is 3.93. The lowest BCUT2D eigenvalue weighted by molar-refractivity contribution is 0.219. The van der Waals surface area contributed by atoms with Crippen LogP contribution in [0.1, 0.15) is 31.7 Å². The van der Waals surface area contributed by atoms with Gasteiger partial charge in [0.1, 0.15) is 0 Å². The van der Waals surface area contributed by atoms with Crippen LogP contribution in [0.25, 0.3) is 0 Å². The normalized spacial score (nSPS) is 17.9. The van der Waals surface area contributed by atoms with E-state index in [2.05, 4.69) is 42.3 Å². The number of hydrogen-bond donors (Lipinski definition) is 1. The zero-order chi connectivity index (χ0) is 13.0. The van der Waals surface area contributed by atoms with Crippen molar-refractivity contribution in [3.05, 3.63) is 28.8 Å². The molecule has 1 aromatic rings. The molecule has 0 aliphatic carbocycles. The summed E-state index contributed by atoms with van der Waals surface area (Å²) < 4.78 is 0. The molecule has 1 aromatic carbocycles. The summed E-state index contributed by atoms with van der Waals surface area (Å²) in [4.78, 5) is 2.55. The van der Waals surface area contributed by atoms with E-state index >= 15 is 0 Å². The molecule has 1 saturated heterocycles. The van der Waals surface area contributed by atoms with Crippen molar-refractivity contribution >= 4 is 17.3 Å². The average Bonchev–Trinajstić information content (AvgIpc) is 2.38. The lowest BCUT2D eigenvalue weighted by Gasteiger charge is -2.32. The van der Waals surface area contributed by atoms with Gasteiger partial charge in [-0.25, -0.2) is 0 Å². The summed E-state index contributed by atoms with van der Waals surface area (Å²) in [5.41, 5.74) is 2.23. The molecule has 18 heavy (non-hydrogen) atoms. The first-order valence-electron chi connectivity index (χ1n) is 6.94. The number of piperidine rings is 1. The van der Waals surface area contributed by atoms with E-state index in [9.17, 15) is 0 Å². The Labute approximate surface area is 115 Å². The van der Waals surface area contributed by atoms with E-state index < -0.39 is 0 Å². The molecule has 0 spiro atoms. The van der Waals surface area contributed by atoms with Crippen LogP contribution < -0.4 is 5.32 Å². The van der Waals surface area contributed by atoms with Gasteiger partial charge in [0.2, 0.25) is 0 Å². The van der Waals surface area contributed by atoms with Crippen LogP contribution in [0.15, 0.2) is 18.2 Å². The molecule has 3 heteroatoms. The van der Waals surface area contributed by atoms with E-state index in [0.29, 0.717) is 6.04 Å².